The van der Waals surface area contributed by atoms with Crippen molar-refractivity contribution in [2.45, 2.75) is 126 Å². The molecule has 260 valence electrons. The van der Waals surface area contributed by atoms with Gasteiger partial charge in [-0.05, 0) is 80.4 Å². The van der Waals surface area contributed by atoms with E-state index >= 15 is 0 Å². The second-order valence-corrected chi connectivity index (χ2v) is 14.8. The predicted octanol–water partition coefficient (Wildman–Crippen LogP) is 4.03. The zero-order valence-electron chi connectivity index (χ0n) is 28.2. The van der Waals surface area contributed by atoms with E-state index in [0.29, 0.717) is 43.7 Å². The van der Waals surface area contributed by atoms with E-state index in [1.807, 2.05) is 36.4 Å². The van der Waals surface area contributed by atoms with Crippen molar-refractivity contribution in [1.29, 1.82) is 0 Å². The number of primary amides is 1. The Balaban J connectivity index is 1.27. The number of nitrogens with one attached hydrogen (secondary N) is 2. The zero-order valence-corrected chi connectivity index (χ0v) is 28.2. The van der Waals surface area contributed by atoms with Crippen molar-refractivity contribution in [1.82, 2.24) is 20.4 Å². The fourth-order valence-corrected chi connectivity index (χ4v) is 8.85. The summed E-state index contributed by atoms with van der Waals surface area (Å²) < 4.78 is 0. The summed E-state index contributed by atoms with van der Waals surface area (Å²) in [4.78, 5) is 59.1. The lowest BCUT2D eigenvalue weighted by atomic mass is 9.77. The molecule has 4 aliphatic rings. The number of piperidine rings is 1. The molecule has 0 radical (unpaired) electrons. The van der Waals surface area contributed by atoms with Crippen LogP contribution in [0, 0.1) is 5.92 Å². The maximum absolute atomic E-state index is 14.7. The number of likely N-dealkylation sites (tertiary alicyclic amines) is 2. The zero-order chi connectivity index (χ0) is 33.7. The molecule has 1 unspecified atom stereocenters. The number of aliphatic hydroxyl groups is 1. The number of nitrogens with zero attached hydrogens (tertiary/aromatic N) is 2. The van der Waals surface area contributed by atoms with E-state index in [1.54, 1.807) is 11.0 Å². The minimum Gasteiger partial charge on any atom is -0.381 e. The highest BCUT2D eigenvalue weighted by Gasteiger charge is 2.49. The molecule has 2 heterocycles. The van der Waals surface area contributed by atoms with Crippen molar-refractivity contribution >= 4 is 34.4 Å². The molecule has 2 aliphatic carbocycles. The molecule has 0 aromatic heterocycles. The van der Waals surface area contributed by atoms with Crippen LogP contribution in [0.25, 0.3) is 10.8 Å². The van der Waals surface area contributed by atoms with Gasteiger partial charge >= 0.3 is 0 Å². The second kappa shape index (κ2) is 15.4. The number of hydrogen-bond donors (Lipinski definition) is 4. The van der Waals surface area contributed by atoms with Gasteiger partial charge in [0.25, 0.3) is 5.91 Å². The van der Waals surface area contributed by atoms with E-state index in [0.717, 1.165) is 81.6 Å². The molecule has 2 saturated carbocycles. The van der Waals surface area contributed by atoms with E-state index in [1.165, 1.54) is 12.8 Å². The van der Waals surface area contributed by atoms with Crippen molar-refractivity contribution in [2.24, 2.45) is 11.7 Å². The summed E-state index contributed by atoms with van der Waals surface area (Å²) >= 11 is 0. The molecular formula is C38H53N5O5. The Hall–Kier alpha value is -3.50. The minimum absolute atomic E-state index is 0.0138. The molecule has 10 heteroatoms. The van der Waals surface area contributed by atoms with Gasteiger partial charge in [0, 0.05) is 18.2 Å². The number of carbonyl (C=O) groups excluding carboxylic acids is 4. The standard InChI is InChI=1S/C38H53N5O5/c39-34(45)33(44)38(18-8-2-9-19-38)41-36(47)32-24-30(42-20-10-3-11-21-42)25-43(32)37(48)31(22-26-12-4-1-5-13-26)40-35(46)29-17-16-27-14-6-7-15-28(27)23-29/h6-7,14-17,23,26,30-33,44H,1-5,8-13,18-22,24-25H2,(H2,39,45)(H,40,46)(H,41,47)/t30-,31-,32+,33?/m1/s1. The predicted molar refractivity (Wildman–Crippen MR) is 185 cm³/mol. The number of aliphatic hydroxyl groups excluding tert-OH is 1. The monoisotopic (exact) mass is 659 g/mol. The van der Waals surface area contributed by atoms with Crippen LogP contribution in [0.4, 0.5) is 0 Å². The van der Waals surface area contributed by atoms with Crippen LogP contribution in [0.5, 0.6) is 0 Å². The Kier molecular flexibility index (Phi) is 11.0. The summed E-state index contributed by atoms with van der Waals surface area (Å²) in [5, 5.41) is 19.1. The van der Waals surface area contributed by atoms with Gasteiger partial charge in [-0.3, -0.25) is 24.1 Å². The lowest BCUT2D eigenvalue weighted by Gasteiger charge is -2.41. The molecule has 48 heavy (non-hydrogen) atoms. The summed E-state index contributed by atoms with van der Waals surface area (Å²) in [5.41, 5.74) is 4.93. The molecule has 4 amide bonds. The normalized spacial score (nSPS) is 24.9. The van der Waals surface area contributed by atoms with E-state index in [4.69, 9.17) is 5.73 Å². The molecular weight excluding hydrogens is 606 g/mol. The molecule has 2 aromatic rings. The number of amides is 4. The third-order valence-corrected chi connectivity index (χ3v) is 11.6. The SMILES string of the molecule is NC(=O)C(O)C1(NC(=O)[C@@H]2C[C@@H](N3CCCCC3)CN2C(=O)[C@@H](CC2CCCCC2)NC(=O)c2ccc3ccccc3c2)CCCCC1. The number of hydrogen-bond acceptors (Lipinski definition) is 6. The van der Waals surface area contributed by atoms with Crippen LogP contribution in [0.3, 0.4) is 0 Å². The van der Waals surface area contributed by atoms with Crippen LogP contribution < -0.4 is 16.4 Å². The van der Waals surface area contributed by atoms with Crippen LogP contribution >= 0.6 is 0 Å². The van der Waals surface area contributed by atoms with Crippen molar-refractivity contribution in [3.8, 4) is 0 Å². The summed E-state index contributed by atoms with van der Waals surface area (Å²) in [6, 6.07) is 11.9. The van der Waals surface area contributed by atoms with Gasteiger partial charge in [0.15, 0.2) is 6.10 Å². The lowest BCUT2D eigenvalue weighted by molar-refractivity contribution is -0.143. The van der Waals surface area contributed by atoms with E-state index < -0.39 is 29.6 Å². The minimum atomic E-state index is -1.51. The second-order valence-electron chi connectivity index (χ2n) is 14.8. The van der Waals surface area contributed by atoms with Crippen molar-refractivity contribution < 1.29 is 24.3 Å². The Morgan fingerprint density at radius 2 is 1.54 bits per heavy atom. The molecule has 0 spiro atoms. The third-order valence-electron chi connectivity index (χ3n) is 11.6. The average Bonchev–Trinajstić information content (AvgIpc) is 3.57. The highest BCUT2D eigenvalue weighted by Crippen LogP contribution is 2.34. The first kappa shape index (κ1) is 34.4. The number of carbonyl (C=O) groups is 4. The summed E-state index contributed by atoms with van der Waals surface area (Å²) in [7, 11) is 0. The van der Waals surface area contributed by atoms with Gasteiger partial charge in [0.1, 0.15) is 12.1 Å². The van der Waals surface area contributed by atoms with Crippen LogP contribution in [0.2, 0.25) is 0 Å². The Morgan fingerprint density at radius 1 is 0.875 bits per heavy atom. The van der Waals surface area contributed by atoms with Gasteiger partial charge in [0.2, 0.25) is 17.7 Å². The van der Waals surface area contributed by atoms with Gasteiger partial charge in [-0.1, -0.05) is 88.1 Å². The highest BCUT2D eigenvalue weighted by atomic mass is 16.3. The largest absolute Gasteiger partial charge is 0.381 e. The number of benzene rings is 2. The highest BCUT2D eigenvalue weighted by molar-refractivity contribution is 6.01. The summed E-state index contributed by atoms with van der Waals surface area (Å²) in [5.74, 6) is -1.43. The van der Waals surface area contributed by atoms with Gasteiger partial charge in [-0.2, -0.15) is 0 Å². The topological polar surface area (TPSA) is 145 Å². The van der Waals surface area contributed by atoms with Crippen LogP contribution in [-0.2, 0) is 14.4 Å². The van der Waals surface area contributed by atoms with Crippen LogP contribution in [0.1, 0.15) is 107 Å². The van der Waals surface area contributed by atoms with Gasteiger partial charge < -0.3 is 26.4 Å². The van der Waals surface area contributed by atoms with E-state index in [-0.39, 0.29) is 23.8 Å². The molecule has 10 nitrogen and oxygen atoms in total. The van der Waals surface area contributed by atoms with Crippen molar-refractivity contribution in [2.75, 3.05) is 19.6 Å². The molecule has 2 aromatic carbocycles. The summed E-state index contributed by atoms with van der Waals surface area (Å²) in [6.07, 6.45) is 11.6. The maximum atomic E-state index is 14.7. The van der Waals surface area contributed by atoms with Gasteiger partial charge in [-0.15, -0.1) is 0 Å². The molecule has 4 atom stereocenters. The Labute approximate surface area is 284 Å². The number of nitrogens with two attached hydrogens (primary N) is 1. The fourth-order valence-electron chi connectivity index (χ4n) is 8.85. The molecule has 6 rings (SSSR count). The maximum Gasteiger partial charge on any atom is 0.251 e. The molecule has 5 N–H and O–H groups in total. The molecule has 2 saturated heterocycles. The van der Waals surface area contributed by atoms with Crippen molar-refractivity contribution in [3.05, 3.63) is 48.0 Å². The van der Waals surface area contributed by atoms with Gasteiger partial charge in [-0.25, -0.2) is 0 Å². The first-order valence-corrected chi connectivity index (χ1v) is 18.4. The third kappa shape index (κ3) is 7.70. The first-order valence-electron chi connectivity index (χ1n) is 18.4. The average molecular weight is 660 g/mol. The Morgan fingerprint density at radius 3 is 2.25 bits per heavy atom. The van der Waals surface area contributed by atoms with Crippen LogP contribution in [0.15, 0.2) is 42.5 Å². The lowest BCUT2D eigenvalue weighted by Crippen LogP contribution is -2.64. The Bertz CT molecular complexity index is 1460. The first-order chi connectivity index (χ1) is 23.2. The molecule has 2 aliphatic heterocycles. The molecule has 0 bridgehead atoms. The number of fused-ring (bicyclic) bond motifs is 1. The summed E-state index contributed by atoms with van der Waals surface area (Å²) in [6.45, 7) is 2.25. The van der Waals surface area contributed by atoms with E-state index in [2.05, 4.69) is 15.5 Å². The van der Waals surface area contributed by atoms with E-state index in [9.17, 15) is 24.3 Å². The van der Waals surface area contributed by atoms with Crippen molar-refractivity contribution in [3.63, 3.8) is 0 Å². The molecule has 4 fully saturated rings. The smallest absolute Gasteiger partial charge is 0.251 e. The quantitative estimate of drug-likeness (QED) is 0.303. The van der Waals surface area contributed by atoms with Gasteiger partial charge in [0.05, 0.1) is 5.54 Å². The van der Waals surface area contributed by atoms with Crippen LogP contribution in [-0.4, -0.2) is 87.9 Å². The number of rotatable bonds is 10. The fraction of sp³-hybridized carbons (Fsp3) is 0.632.